The van der Waals surface area contributed by atoms with Gasteiger partial charge in [-0.05, 0) is 71.5 Å². The van der Waals surface area contributed by atoms with E-state index in [0.717, 1.165) is 21.9 Å². The molecule has 27 heavy (non-hydrogen) atoms. The standard InChI is InChI=1S/C23H18O4/c1-12-17(24)6-4-14-5-9-20(27)23(22(12)14)10-15-18(25)7-2-13-3-8-19(26)16(11-23)21(13)15/h2-9,24-26H,10-11H2,1H3. The van der Waals surface area contributed by atoms with Crippen LogP contribution < -0.4 is 0 Å². The van der Waals surface area contributed by atoms with E-state index < -0.39 is 5.41 Å². The number of hydrogen-bond acceptors (Lipinski definition) is 4. The molecule has 0 bridgehead atoms. The van der Waals surface area contributed by atoms with Crippen molar-refractivity contribution in [2.75, 3.05) is 0 Å². The summed E-state index contributed by atoms with van der Waals surface area (Å²) in [4.78, 5) is 13.2. The number of phenolic OH excluding ortho intramolecular Hbond substituents is 3. The van der Waals surface area contributed by atoms with Crippen LogP contribution in [0.3, 0.4) is 0 Å². The predicted molar refractivity (Wildman–Crippen MR) is 103 cm³/mol. The van der Waals surface area contributed by atoms with Crippen molar-refractivity contribution in [1.82, 2.24) is 0 Å². The average molecular weight is 358 g/mol. The highest BCUT2D eigenvalue weighted by atomic mass is 16.3. The molecule has 4 nitrogen and oxygen atoms in total. The molecule has 0 fully saturated rings. The van der Waals surface area contributed by atoms with Crippen molar-refractivity contribution in [1.29, 1.82) is 0 Å². The Labute approximate surface area is 156 Å². The molecule has 3 N–H and O–H groups in total. The minimum Gasteiger partial charge on any atom is -0.508 e. The van der Waals surface area contributed by atoms with Crippen molar-refractivity contribution < 1.29 is 20.1 Å². The second-order valence-corrected chi connectivity index (χ2v) is 7.53. The second kappa shape index (κ2) is 5.13. The van der Waals surface area contributed by atoms with Gasteiger partial charge in [-0.15, -0.1) is 0 Å². The van der Waals surface area contributed by atoms with E-state index in [9.17, 15) is 20.1 Å². The van der Waals surface area contributed by atoms with Gasteiger partial charge in [0.15, 0.2) is 5.78 Å². The van der Waals surface area contributed by atoms with E-state index in [1.807, 2.05) is 25.1 Å². The van der Waals surface area contributed by atoms with E-state index in [2.05, 4.69) is 0 Å². The zero-order valence-electron chi connectivity index (χ0n) is 14.8. The van der Waals surface area contributed by atoms with Crippen LogP contribution in [0, 0.1) is 6.92 Å². The lowest BCUT2D eigenvalue weighted by Crippen LogP contribution is -2.44. The highest BCUT2D eigenvalue weighted by molar-refractivity contribution is 6.08. The van der Waals surface area contributed by atoms with Crippen molar-refractivity contribution in [3.05, 3.63) is 70.3 Å². The van der Waals surface area contributed by atoms with Gasteiger partial charge >= 0.3 is 0 Å². The first kappa shape index (κ1) is 15.9. The molecule has 3 aromatic carbocycles. The third-order valence-corrected chi connectivity index (χ3v) is 6.14. The van der Waals surface area contributed by atoms with Crippen LogP contribution in [0.25, 0.3) is 16.8 Å². The second-order valence-electron chi connectivity index (χ2n) is 7.53. The molecule has 0 aromatic heterocycles. The van der Waals surface area contributed by atoms with Gasteiger partial charge in [0.05, 0.1) is 5.41 Å². The van der Waals surface area contributed by atoms with Crippen molar-refractivity contribution in [2.24, 2.45) is 0 Å². The lowest BCUT2D eigenvalue weighted by atomic mass is 9.60. The monoisotopic (exact) mass is 358 g/mol. The van der Waals surface area contributed by atoms with Crippen molar-refractivity contribution in [3.8, 4) is 17.2 Å². The molecule has 0 aliphatic heterocycles. The lowest BCUT2D eigenvalue weighted by Gasteiger charge is -2.40. The van der Waals surface area contributed by atoms with Gasteiger partial charge in [-0.3, -0.25) is 4.79 Å². The number of aromatic hydroxyl groups is 3. The fourth-order valence-electron chi connectivity index (χ4n) is 4.87. The fraction of sp³-hybridized carbons (Fsp3) is 0.174. The number of allylic oxidation sites excluding steroid dienone is 1. The van der Waals surface area contributed by atoms with E-state index >= 15 is 0 Å². The van der Waals surface area contributed by atoms with Crippen molar-refractivity contribution in [2.45, 2.75) is 25.2 Å². The van der Waals surface area contributed by atoms with Gasteiger partial charge in [-0.1, -0.05) is 24.3 Å². The van der Waals surface area contributed by atoms with Crippen LogP contribution in [0.1, 0.15) is 27.8 Å². The number of carbonyl (C=O) groups is 1. The Morgan fingerprint density at radius 3 is 2.04 bits per heavy atom. The summed E-state index contributed by atoms with van der Waals surface area (Å²) < 4.78 is 0. The third-order valence-electron chi connectivity index (χ3n) is 6.14. The summed E-state index contributed by atoms with van der Waals surface area (Å²) in [5.74, 6) is 0.306. The van der Waals surface area contributed by atoms with E-state index in [4.69, 9.17) is 0 Å². The van der Waals surface area contributed by atoms with E-state index in [-0.39, 0.29) is 23.0 Å². The first-order valence-electron chi connectivity index (χ1n) is 8.93. The number of hydrogen-bond donors (Lipinski definition) is 3. The number of fused-ring (bicyclic) bond motifs is 2. The van der Waals surface area contributed by atoms with Crippen molar-refractivity contribution >= 4 is 22.6 Å². The zero-order valence-corrected chi connectivity index (χ0v) is 14.8. The third kappa shape index (κ3) is 1.95. The summed E-state index contributed by atoms with van der Waals surface area (Å²) >= 11 is 0. The molecular weight excluding hydrogens is 340 g/mol. The topological polar surface area (TPSA) is 77.8 Å². The molecule has 0 atom stereocenters. The zero-order chi connectivity index (χ0) is 18.9. The van der Waals surface area contributed by atoms with Gasteiger partial charge in [-0.2, -0.15) is 0 Å². The molecule has 0 heterocycles. The lowest BCUT2D eigenvalue weighted by molar-refractivity contribution is -0.120. The molecule has 4 heteroatoms. The Morgan fingerprint density at radius 2 is 1.41 bits per heavy atom. The Kier molecular flexibility index (Phi) is 3.03. The first-order chi connectivity index (χ1) is 12.9. The number of rotatable bonds is 0. The molecule has 2 aliphatic rings. The molecular formula is C23H18O4. The SMILES string of the molecule is Cc1c(O)ccc2c1C1(Cc3c(O)ccc4ccc(O)c(c34)C1)C(=O)C=C2. The van der Waals surface area contributed by atoms with Gasteiger partial charge in [0.25, 0.3) is 0 Å². The molecule has 3 aromatic rings. The minimum absolute atomic E-state index is 0.0750. The quantitative estimate of drug-likeness (QED) is 0.570. The summed E-state index contributed by atoms with van der Waals surface area (Å²) in [5.41, 5.74) is 2.71. The Hall–Kier alpha value is -3.27. The Morgan fingerprint density at radius 1 is 0.815 bits per heavy atom. The van der Waals surface area contributed by atoms with Gasteiger partial charge in [0.1, 0.15) is 17.2 Å². The molecule has 0 saturated carbocycles. The highest BCUT2D eigenvalue weighted by Crippen LogP contribution is 2.50. The smallest absolute Gasteiger partial charge is 0.166 e. The molecule has 0 unspecified atom stereocenters. The summed E-state index contributed by atoms with van der Waals surface area (Å²) in [7, 11) is 0. The van der Waals surface area contributed by atoms with E-state index in [1.165, 1.54) is 0 Å². The van der Waals surface area contributed by atoms with Crippen LogP contribution >= 0.6 is 0 Å². The fourth-order valence-corrected chi connectivity index (χ4v) is 4.87. The van der Waals surface area contributed by atoms with Gasteiger partial charge in [-0.25, -0.2) is 0 Å². The molecule has 5 rings (SSSR count). The summed E-state index contributed by atoms with van der Waals surface area (Å²) in [6.07, 6.45) is 4.00. The molecule has 1 spiro atoms. The molecule has 0 amide bonds. The van der Waals surface area contributed by atoms with Crippen molar-refractivity contribution in [3.63, 3.8) is 0 Å². The largest absolute Gasteiger partial charge is 0.508 e. The van der Waals surface area contributed by atoms with Crippen LogP contribution in [-0.4, -0.2) is 21.1 Å². The van der Waals surface area contributed by atoms with Gasteiger partial charge < -0.3 is 15.3 Å². The first-order valence-corrected chi connectivity index (χ1v) is 8.93. The Balaban J connectivity index is 1.88. The highest BCUT2D eigenvalue weighted by Gasteiger charge is 2.47. The Bertz CT molecular complexity index is 1140. The summed E-state index contributed by atoms with van der Waals surface area (Å²) in [6, 6.07) is 10.4. The van der Waals surface area contributed by atoms with Gasteiger partial charge in [0.2, 0.25) is 0 Å². The molecule has 2 aliphatic carbocycles. The normalized spacial score (nSPS) is 16.7. The minimum atomic E-state index is -0.954. The average Bonchev–Trinajstić information content (AvgIpc) is 2.66. The predicted octanol–water partition coefficient (Wildman–Crippen LogP) is 3.90. The summed E-state index contributed by atoms with van der Waals surface area (Å²) in [5, 5.41) is 33.2. The maximum Gasteiger partial charge on any atom is 0.166 e. The summed E-state index contributed by atoms with van der Waals surface area (Å²) in [6.45, 7) is 1.81. The number of ketones is 1. The maximum absolute atomic E-state index is 13.2. The number of carbonyl (C=O) groups excluding carboxylic acids is 1. The van der Waals surface area contributed by atoms with E-state index in [0.29, 0.717) is 29.5 Å². The molecule has 134 valence electrons. The number of benzene rings is 3. The van der Waals surface area contributed by atoms with Crippen LogP contribution in [0.2, 0.25) is 0 Å². The van der Waals surface area contributed by atoms with Crippen LogP contribution in [0.5, 0.6) is 17.2 Å². The maximum atomic E-state index is 13.2. The van der Waals surface area contributed by atoms with Gasteiger partial charge in [0, 0.05) is 11.1 Å². The van der Waals surface area contributed by atoms with Crippen LogP contribution in [0.4, 0.5) is 0 Å². The number of phenols is 3. The molecule has 0 saturated heterocycles. The van der Waals surface area contributed by atoms with E-state index in [1.54, 1.807) is 30.4 Å². The van der Waals surface area contributed by atoms with Crippen LogP contribution in [0.15, 0.2) is 42.5 Å². The molecule has 0 radical (unpaired) electrons. The van der Waals surface area contributed by atoms with Crippen LogP contribution in [-0.2, 0) is 23.1 Å².